The van der Waals surface area contributed by atoms with Crippen LogP contribution in [-0.2, 0) is 0 Å². The molecule has 4 N–H and O–H groups in total. The Morgan fingerprint density at radius 3 is 2.80 bits per heavy atom. The minimum atomic E-state index is -0.398. The second kappa shape index (κ2) is 8.09. The maximum absolute atomic E-state index is 14.4. The average molecular weight is 536 g/mol. The van der Waals surface area contributed by atoms with Crippen LogP contribution in [0.15, 0.2) is 59.5 Å². The third kappa shape index (κ3) is 3.37. The molecule has 0 saturated heterocycles. The molecule has 1 aliphatic rings. The van der Waals surface area contributed by atoms with Crippen LogP contribution in [0.3, 0.4) is 0 Å². The molecule has 8 rings (SSSR count). The smallest absolute Gasteiger partial charge is 0.292 e. The fourth-order valence-electron chi connectivity index (χ4n) is 5.27. The van der Waals surface area contributed by atoms with Crippen molar-refractivity contribution < 1.29 is 8.81 Å². The predicted molar refractivity (Wildman–Crippen MR) is 146 cm³/mol. The summed E-state index contributed by atoms with van der Waals surface area (Å²) in [6.07, 6.45) is 7.33. The first-order valence-corrected chi connectivity index (χ1v) is 12.8. The Balaban J connectivity index is 1.31. The first-order valence-electron chi connectivity index (χ1n) is 12.8. The van der Waals surface area contributed by atoms with E-state index < -0.39 is 6.04 Å². The van der Waals surface area contributed by atoms with E-state index in [-0.39, 0.29) is 11.8 Å². The summed E-state index contributed by atoms with van der Waals surface area (Å²) in [5, 5.41) is 15.8. The van der Waals surface area contributed by atoms with Gasteiger partial charge in [0.25, 0.3) is 6.01 Å². The second-order valence-electron chi connectivity index (χ2n) is 10.0. The van der Waals surface area contributed by atoms with Gasteiger partial charge in [0.05, 0.1) is 41.1 Å². The minimum absolute atomic E-state index is 0.0839. The highest BCUT2D eigenvalue weighted by Gasteiger charge is 2.27. The molecule has 40 heavy (non-hydrogen) atoms. The van der Waals surface area contributed by atoms with Crippen molar-refractivity contribution in [1.29, 1.82) is 0 Å². The van der Waals surface area contributed by atoms with Crippen LogP contribution in [-0.4, -0.2) is 44.3 Å². The molecule has 1 saturated carbocycles. The fourth-order valence-corrected chi connectivity index (χ4v) is 5.27. The number of rotatable bonds is 5. The summed E-state index contributed by atoms with van der Waals surface area (Å²) in [4.78, 5) is 13.0. The van der Waals surface area contributed by atoms with Gasteiger partial charge in [-0.25, -0.2) is 23.7 Å². The van der Waals surface area contributed by atoms with E-state index in [9.17, 15) is 4.39 Å². The number of oxazole rings is 1. The summed E-state index contributed by atoms with van der Waals surface area (Å²) in [5.41, 5.74) is 17.2. The van der Waals surface area contributed by atoms with Crippen LogP contribution >= 0.6 is 0 Å². The molecule has 1 fully saturated rings. The van der Waals surface area contributed by atoms with E-state index in [1.165, 1.54) is 18.5 Å². The van der Waals surface area contributed by atoms with Gasteiger partial charge in [0.15, 0.2) is 11.2 Å². The van der Waals surface area contributed by atoms with E-state index in [4.69, 9.17) is 26.1 Å². The van der Waals surface area contributed by atoms with Crippen LogP contribution in [0.1, 0.15) is 37.5 Å². The van der Waals surface area contributed by atoms with Crippen molar-refractivity contribution in [3.63, 3.8) is 0 Å². The quantitative estimate of drug-likeness (QED) is 0.325. The third-order valence-corrected chi connectivity index (χ3v) is 7.38. The molecule has 7 aromatic rings. The van der Waals surface area contributed by atoms with E-state index in [2.05, 4.69) is 20.1 Å². The lowest BCUT2D eigenvalue weighted by atomic mass is 10.1. The van der Waals surface area contributed by atoms with Gasteiger partial charge in [-0.2, -0.15) is 20.3 Å². The molecule has 5 heterocycles. The number of nitrogens with zero attached hydrogens (tertiary/aromatic N) is 9. The van der Waals surface area contributed by atoms with Crippen LogP contribution in [0.25, 0.3) is 50.0 Å². The first-order chi connectivity index (χ1) is 19.4. The Morgan fingerprint density at radius 2 is 1.95 bits per heavy atom. The molecule has 2 aromatic carbocycles. The Labute approximate surface area is 225 Å². The Kier molecular flexibility index (Phi) is 4.58. The van der Waals surface area contributed by atoms with Gasteiger partial charge >= 0.3 is 0 Å². The lowest BCUT2D eigenvalue weighted by molar-refractivity contribution is 0.564. The van der Waals surface area contributed by atoms with Crippen molar-refractivity contribution in [3.05, 3.63) is 66.6 Å². The number of benzene rings is 2. The monoisotopic (exact) mass is 535 g/mol. The van der Waals surface area contributed by atoms with Gasteiger partial charge in [-0.1, -0.05) is 0 Å². The number of hydrogen-bond donors (Lipinski definition) is 2. The fraction of sp³-hybridized carbons (Fsp3) is 0.185. The first kappa shape index (κ1) is 22.6. The summed E-state index contributed by atoms with van der Waals surface area (Å²) >= 11 is 0. The van der Waals surface area contributed by atoms with Crippen LogP contribution in [0.2, 0.25) is 0 Å². The van der Waals surface area contributed by atoms with E-state index in [0.29, 0.717) is 50.9 Å². The summed E-state index contributed by atoms with van der Waals surface area (Å²) in [7, 11) is 0. The molecule has 0 aliphatic heterocycles. The van der Waals surface area contributed by atoms with E-state index in [1.54, 1.807) is 27.7 Å². The van der Waals surface area contributed by atoms with Crippen molar-refractivity contribution in [2.45, 2.75) is 31.8 Å². The van der Waals surface area contributed by atoms with Crippen LogP contribution in [0.5, 0.6) is 0 Å². The molecule has 12 nitrogen and oxygen atoms in total. The Hall–Kier alpha value is -5.33. The molecule has 1 unspecified atom stereocenters. The second-order valence-corrected chi connectivity index (χ2v) is 10.0. The molecule has 0 amide bonds. The average Bonchev–Trinajstić information content (AvgIpc) is 3.27. The summed E-state index contributed by atoms with van der Waals surface area (Å²) in [6, 6.07) is 10.2. The third-order valence-electron chi connectivity index (χ3n) is 7.38. The Bertz CT molecular complexity index is 2100. The molecule has 1 atom stereocenters. The lowest BCUT2D eigenvalue weighted by Gasteiger charge is -2.11. The molecular weight excluding hydrogens is 513 g/mol. The SMILES string of the molecule is CC(c1nn(-c2cnn(C3CC3)c2)c2cc(F)ccc12)n1nc(-c2ccc3oc(N)nc3c2)c2c(N)ncnc21. The van der Waals surface area contributed by atoms with E-state index in [0.717, 1.165) is 29.5 Å². The molecule has 0 radical (unpaired) electrons. The number of halogens is 1. The summed E-state index contributed by atoms with van der Waals surface area (Å²) < 4.78 is 25.3. The summed E-state index contributed by atoms with van der Waals surface area (Å²) in [6.45, 7) is 1.97. The number of hydrogen-bond acceptors (Lipinski definition) is 9. The molecular formula is C27H22FN11O. The van der Waals surface area contributed by atoms with Crippen LogP contribution < -0.4 is 11.5 Å². The van der Waals surface area contributed by atoms with Crippen molar-refractivity contribution in [3.8, 4) is 16.9 Å². The molecule has 5 aromatic heterocycles. The zero-order chi connectivity index (χ0) is 27.1. The van der Waals surface area contributed by atoms with Gasteiger partial charge in [-0.15, -0.1) is 0 Å². The van der Waals surface area contributed by atoms with Crippen molar-refractivity contribution >= 4 is 44.9 Å². The number of nitrogens with two attached hydrogens (primary N) is 2. The number of nitrogen functional groups attached to an aromatic ring is 2. The van der Waals surface area contributed by atoms with Gasteiger partial charge in [0.1, 0.15) is 34.9 Å². The largest absolute Gasteiger partial charge is 0.424 e. The highest BCUT2D eigenvalue weighted by Crippen LogP contribution is 2.37. The van der Waals surface area contributed by atoms with Crippen molar-refractivity contribution in [1.82, 2.24) is 44.3 Å². The summed E-state index contributed by atoms with van der Waals surface area (Å²) in [5.74, 6) is -0.0539. The standard InChI is InChI=1S/C27H22FN11O/c1-13(23-18-6-3-15(28)9-20(18)39(35-23)17-10-33-37(11-17)16-4-5-16)38-26-22(25(29)31-12-32-26)24(36-38)14-2-7-21-19(8-14)34-27(30)40-21/h2-3,6-13,16H,4-5H2,1H3,(H2,30,34)(H2,29,31,32). The van der Waals surface area contributed by atoms with Crippen LogP contribution in [0.4, 0.5) is 16.2 Å². The van der Waals surface area contributed by atoms with Crippen molar-refractivity contribution in [2.75, 3.05) is 11.5 Å². The van der Waals surface area contributed by atoms with Gasteiger partial charge in [0.2, 0.25) is 0 Å². The molecule has 0 bridgehead atoms. The molecule has 198 valence electrons. The van der Waals surface area contributed by atoms with Gasteiger partial charge in [0, 0.05) is 17.0 Å². The molecule has 1 aliphatic carbocycles. The predicted octanol–water partition coefficient (Wildman–Crippen LogP) is 4.42. The topological polar surface area (TPSA) is 157 Å². The van der Waals surface area contributed by atoms with E-state index in [1.807, 2.05) is 29.9 Å². The molecule has 0 spiro atoms. The lowest BCUT2D eigenvalue weighted by Crippen LogP contribution is -2.11. The maximum Gasteiger partial charge on any atom is 0.292 e. The zero-order valence-corrected chi connectivity index (χ0v) is 21.2. The van der Waals surface area contributed by atoms with Gasteiger partial charge in [-0.05, 0) is 50.1 Å². The number of fused-ring (bicyclic) bond motifs is 3. The van der Waals surface area contributed by atoms with Gasteiger partial charge < -0.3 is 15.9 Å². The van der Waals surface area contributed by atoms with Crippen molar-refractivity contribution in [2.24, 2.45) is 0 Å². The molecule has 13 heteroatoms. The highest BCUT2D eigenvalue weighted by molar-refractivity contribution is 5.99. The number of aromatic nitrogens is 9. The normalized spacial score (nSPS) is 14.6. The van der Waals surface area contributed by atoms with Crippen LogP contribution in [0, 0.1) is 5.82 Å². The minimum Gasteiger partial charge on any atom is -0.424 e. The Morgan fingerprint density at radius 1 is 1.07 bits per heavy atom. The highest BCUT2D eigenvalue weighted by atomic mass is 19.1. The van der Waals surface area contributed by atoms with Gasteiger partial charge in [-0.3, -0.25) is 4.68 Å². The maximum atomic E-state index is 14.4. The number of anilines is 2. The van der Waals surface area contributed by atoms with E-state index >= 15 is 0 Å². The zero-order valence-electron chi connectivity index (χ0n) is 21.2.